The topological polar surface area (TPSA) is 94.5 Å². The first-order valence-electron chi connectivity index (χ1n) is 7.71. The van der Waals surface area contributed by atoms with Gasteiger partial charge in [0.1, 0.15) is 5.75 Å². The van der Waals surface area contributed by atoms with Gasteiger partial charge in [0, 0.05) is 30.6 Å². The number of methoxy groups -OCH3 is 1. The summed E-state index contributed by atoms with van der Waals surface area (Å²) < 4.78 is 6.92. The molecule has 0 saturated heterocycles. The highest BCUT2D eigenvalue weighted by molar-refractivity contribution is 5.95. The van der Waals surface area contributed by atoms with Crippen molar-refractivity contribution in [3.8, 4) is 5.75 Å². The van der Waals surface area contributed by atoms with Crippen LogP contribution in [0.25, 0.3) is 10.9 Å². The third-order valence-corrected chi connectivity index (χ3v) is 4.17. The summed E-state index contributed by atoms with van der Waals surface area (Å²) in [6.45, 7) is 1.50. The van der Waals surface area contributed by atoms with Crippen LogP contribution in [0.1, 0.15) is 33.2 Å². The highest BCUT2D eigenvalue weighted by Gasteiger charge is 2.15. The van der Waals surface area contributed by atoms with Gasteiger partial charge < -0.3 is 15.6 Å². The molecule has 0 saturated carbocycles. The van der Waals surface area contributed by atoms with E-state index in [1.807, 2.05) is 12.1 Å². The second kappa shape index (κ2) is 6.32. The number of carbonyl (C=O) groups excluding carboxylic acids is 1. The second-order valence-corrected chi connectivity index (χ2v) is 5.83. The number of nitrogens with zero attached hydrogens (tertiary/aromatic N) is 1. The number of hydrogen-bond acceptors (Lipinski definition) is 4. The molecule has 1 heterocycles. The minimum absolute atomic E-state index is 0.0887. The number of carbonyl (C=O) groups is 2. The Morgan fingerprint density at radius 2 is 1.92 bits per heavy atom. The van der Waals surface area contributed by atoms with Crippen LogP contribution in [0.3, 0.4) is 0 Å². The van der Waals surface area contributed by atoms with Crippen molar-refractivity contribution in [3.63, 3.8) is 0 Å². The smallest absolute Gasteiger partial charge is 0.335 e. The molecule has 25 heavy (non-hydrogen) atoms. The number of rotatable bonds is 4. The standard InChI is InChI=1S/C19H18N2O4/c1-11(22)21-10-14(16-9-15(20)5-6-17(16)21)7-12-3-4-13(19(23)24)8-18(12)25-2/h3-6,8-10H,7,20H2,1-2H3,(H,23,24). The number of carboxylic acid groups (broad SMARTS) is 1. The number of ether oxygens (including phenoxy) is 1. The fourth-order valence-electron chi connectivity index (χ4n) is 2.95. The molecule has 0 fully saturated rings. The Balaban J connectivity index is 2.11. The summed E-state index contributed by atoms with van der Waals surface area (Å²) in [6.07, 6.45) is 2.28. The summed E-state index contributed by atoms with van der Waals surface area (Å²) in [5, 5.41) is 10.00. The van der Waals surface area contributed by atoms with Gasteiger partial charge in [0.25, 0.3) is 0 Å². The third kappa shape index (κ3) is 3.06. The lowest BCUT2D eigenvalue weighted by molar-refractivity contribution is 0.0696. The van der Waals surface area contributed by atoms with E-state index in [0.29, 0.717) is 17.9 Å². The second-order valence-electron chi connectivity index (χ2n) is 5.83. The number of anilines is 1. The van der Waals surface area contributed by atoms with Gasteiger partial charge in [-0.2, -0.15) is 0 Å². The zero-order valence-corrected chi connectivity index (χ0v) is 13.9. The van der Waals surface area contributed by atoms with Gasteiger partial charge in [-0.1, -0.05) is 6.07 Å². The zero-order chi connectivity index (χ0) is 18.1. The van der Waals surface area contributed by atoms with Crippen LogP contribution in [0.15, 0.2) is 42.6 Å². The number of benzene rings is 2. The van der Waals surface area contributed by atoms with Gasteiger partial charge in [-0.15, -0.1) is 0 Å². The number of aromatic carboxylic acids is 1. The first kappa shape index (κ1) is 16.6. The summed E-state index contributed by atoms with van der Waals surface area (Å²) in [7, 11) is 1.50. The van der Waals surface area contributed by atoms with E-state index in [1.54, 1.807) is 29.0 Å². The van der Waals surface area contributed by atoms with Gasteiger partial charge in [0.2, 0.25) is 5.91 Å². The molecular formula is C19H18N2O4. The number of carboxylic acids is 1. The van der Waals surface area contributed by atoms with Crippen molar-refractivity contribution in [2.24, 2.45) is 0 Å². The molecular weight excluding hydrogens is 320 g/mol. The molecule has 0 radical (unpaired) electrons. The average molecular weight is 338 g/mol. The molecule has 0 aliphatic heterocycles. The van der Waals surface area contributed by atoms with Crippen LogP contribution < -0.4 is 10.5 Å². The highest BCUT2D eigenvalue weighted by Crippen LogP contribution is 2.29. The molecule has 0 unspecified atom stereocenters. The van der Waals surface area contributed by atoms with E-state index < -0.39 is 5.97 Å². The van der Waals surface area contributed by atoms with Crippen LogP contribution in [-0.4, -0.2) is 28.7 Å². The Bertz CT molecular complexity index is 988. The highest BCUT2D eigenvalue weighted by atomic mass is 16.5. The zero-order valence-electron chi connectivity index (χ0n) is 13.9. The Hall–Kier alpha value is -3.28. The maximum Gasteiger partial charge on any atom is 0.335 e. The maximum absolute atomic E-state index is 11.9. The molecule has 3 N–H and O–H groups in total. The van der Waals surface area contributed by atoms with Crippen molar-refractivity contribution in [2.45, 2.75) is 13.3 Å². The van der Waals surface area contributed by atoms with Crippen molar-refractivity contribution < 1.29 is 19.4 Å². The van der Waals surface area contributed by atoms with E-state index in [2.05, 4.69) is 0 Å². The molecule has 128 valence electrons. The Morgan fingerprint density at radius 1 is 1.16 bits per heavy atom. The van der Waals surface area contributed by atoms with E-state index in [0.717, 1.165) is 22.0 Å². The molecule has 3 aromatic rings. The fourth-order valence-corrected chi connectivity index (χ4v) is 2.95. The first-order valence-corrected chi connectivity index (χ1v) is 7.71. The maximum atomic E-state index is 11.9. The normalized spacial score (nSPS) is 10.8. The van der Waals surface area contributed by atoms with Crippen LogP contribution >= 0.6 is 0 Å². The van der Waals surface area contributed by atoms with E-state index in [-0.39, 0.29) is 11.5 Å². The Kier molecular flexibility index (Phi) is 4.19. The average Bonchev–Trinajstić information content (AvgIpc) is 2.93. The molecule has 0 bridgehead atoms. The van der Waals surface area contributed by atoms with E-state index in [1.165, 1.54) is 20.1 Å². The molecule has 1 aromatic heterocycles. The minimum Gasteiger partial charge on any atom is -0.496 e. The van der Waals surface area contributed by atoms with E-state index in [4.69, 9.17) is 15.6 Å². The monoisotopic (exact) mass is 338 g/mol. The van der Waals surface area contributed by atoms with Gasteiger partial charge in [0.15, 0.2) is 0 Å². The van der Waals surface area contributed by atoms with Crippen molar-refractivity contribution in [2.75, 3.05) is 12.8 Å². The van der Waals surface area contributed by atoms with E-state index >= 15 is 0 Å². The Labute approximate surface area is 144 Å². The van der Waals surface area contributed by atoms with Crippen LogP contribution in [0.5, 0.6) is 5.75 Å². The summed E-state index contributed by atoms with van der Waals surface area (Å²) in [5.41, 5.74) is 9.21. The number of hydrogen-bond donors (Lipinski definition) is 2. The predicted molar refractivity (Wildman–Crippen MR) is 95.4 cm³/mol. The van der Waals surface area contributed by atoms with Gasteiger partial charge in [0.05, 0.1) is 18.2 Å². The van der Waals surface area contributed by atoms with Crippen LogP contribution in [0.2, 0.25) is 0 Å². The van der Waals surface area contributed by atoms with Crippen LogP contribution in [0, 0.1) is 0 Å². The van der Waals surface area contributed by atoms with Crippen molar-refractivity contribution >= 4 is 28.5 Å². The minimum atomic E-state index is -1.01. The van der Waals surface area contributed by atoms with Gasteiger partial charge >= 0.3 is 5.97 Å². The van der Waals surface area contributed by atoms with Crippen molar-refractivity contribution in [3.05, 3.63) is 59.3 Å². The molecule has 3 rings (SSSR count). The first-order chi connectivity index (χ1) is 11.9. The molecule has 0 atom stereocenters. The van der Waals surface area contributed by atoms with Crippen LogP contribution in [0.4, 0.5) is 5.69 Å². The third-order valence-electron chi connectivity index (χ3n) is 4.17. The number of nitrogen functional groups attached to an aromatic ring is 1. The summed E-state index contributed by atoms with van der Waals surface area (Å²) in [5.74, 6) is -0.604. The lowest BCUT2D eigenvalue weighted by atomic mass is 10.0. The molecule has 0 aliphatic carbocycles. The summed E-state index contributed by atoms with van der Waals surface area (Å²) in [4.78, 5) is 23.0. The fraction of sp³-hybridized carbons (Fsp3) is 0.158. The largest absolute Gasteiger partial charge is 0.496 e. The lowest BCUT2D eigenvalue weighted by Crippen LogP contribution is -2.03. The van der Waals surface area contributed by atoms with E-state index in [9.17, 15) is 9.59 Å². The molecule has 6 nitrogen and oxygen atoms in total. The Morgan fingerprint density at radius 3 is 2.56 bits per heavy atom. The van der Waals surface area contributed by atoms with Crippen molar-refractivity contribution in [1.82, 2.24) is 4.57 Å². The number of nitrogens with two attached hydrogens (primary N) is 1. The molecule has 6 heteroatoms. The van der Waals surface area contributed by atoms with Gasteiger partial charge in [-0.05, 0) is 41.5 Å². The SMILES string of the molecule is COc1cc(C(=O)O)ccc1Cc1cn(C(C)=O)c2ccc(N)cc12. The quantitative estimate of drug-likeness (QED) is 0.713. The van der Waals surface area contributed by atoms with Crippen molar-refractivity contribution in [1.29, 1.82) is 0 Å². The van der Waals surface area contributed by atoms with Gasteiger partial charge in [-0.25, -0.2) is 4.79 Å². The number of aromatic nitrogens is 1. The summed E-state index contributed by atoms with van der Waals surface area (Å²) in [6, 6.07) is 10.2. The molecule has 0 spiro atoms. The lowest BCUT2D eigenvalue weighted by Gasteiger charge is -2.09. The molecule has 0 amide bonds. The summed E-state index contributed by atoms with van der Waals surface area (Å²) >= 11 is 0. The number of fused-ring (bicyclic) bond motifs is 1. The molecule has 0 aliphatic rings. The molecule has 2 aromatic carbocycles. The van der Waals surface area contributed by atoms with Crippen LogP contribution in [-0.2, 0) is 6.42 Å². The van der Waals surface area contributed by atoms with Gasteiger partial charge in [-0.3, -0.25) is 9.36 Å². The predicted octanol–water partition coefficient (Wildman–Crippen LogP) is 3.18.